The Balaban J connectivity index is 1.95. The Hall–Kier alpha value is -0.870. The number of rotatable bonds is 4. The summed E-state index contributed by atoms with van der Waals surface area (Å²) in [6.07, 6.45) is 5.34. The van der Waals surface area contributed by atoms with E-state index in [2.05, 4.69) is 28.4 Å². The Morgan fingerprint density at radius 2 is 2.53 bits per heavy atom. The van der Waals surface area contributed by atoms with Gasteiger partial charge in [-0.2, -0.15) is 5.10 Å². The molecule has 1 aromatic heterocycles. The molecule has 1 atom stereocenters. The SMILES string of the molecule is CCN(Cc1cnn(C)c1)C1CCNC1. The zero-order chi connectivity index (χ0) is 10.7. The monoisotopic (exact) mass is 208 g/mol. The van der Waals surface area contributed by atoms with Gasteiger partial charge < -0.3 is 5.32 Å². The van der Waals surface area contributed by atoms with Crippen molar-refractivity contribution in [2.75, 3.05) is 19.6 Å². The molecule has 1 aliphatic rings. The van der Waals surface area contributed by atoms with Crippen LogP contribution in [0, 0.1) is 0 Å². The summed E-state index contributed by atoms with van der Waals surface area (Å²) in [5, 5.41) is 7.62. The maximum absolute atomic E-state index is 4.20. The van der Waals surface area contributed by atoms with Gasteiger partial charge in [0, 0.05) is 37.9 Å². The molecule has 0 spiro atoms. The molecule has 0 aliphatic carbocycles. The van der Waals surface area contributed by atoms with Gasteiger partial charge in [-0.15, -0.1) is 0 Å². The van der Waals surface area contributed by atoms with Crippen LogP contribution in [0.4, 0.5) is 0 Å². The average Bonchev–Trinajstić information content (AvgIpc) is 2.85. The fourth-order valence-corrected chi connectivity index (χ4v) is 2.24. The van der Waals surface area contributed by atoms with Crippen LogP contribution in [0.5, 0.6) is 0 Å². The van der Waals surface area contributed by atoms with Crippen molar-refractivity contribution in [3.05, 3.63) is 18.0 Å². The molecule has 1 unspecified atom stereocenters. The molecule has 4 nitrogen and oxygen atoms in total. The van der Waals surface area contributed by atoms with Crippen molar-refractivity contribution >= 4 is 0 Å². The number of nitrogens with one attached hydrogen (secondary N) is 1. The van der Waals surface area contributed by atoms with E-state index in [4.69, 9.17) is 0 Å². The van der Waals surface area contributed by atoms with Gasteiger partial charge in [-0.05, 0) is 19.5 Å². The van der Waals surface area contributed by atoms with Gasteiger partial charge in [0.25, 0.3) is 0 Å². The minimum absolute atomic E-state index is 0.704. The third-order valence-electron chi connectivity index (χ3n) is 3.10. The second-order valence-corrected chi connectivity index (χ2v) is 4.23. The summed E-state index contributed by atoms with van der Waals surface area (Å²) >= 11 is 0. The fourth-order valence-electron chi connectivity index (χ4n) is 2.24. The Morgan fingerprint density at radius 1 is 1.67 bits per heavy atom. The Labute approximate surface area is 91.3 Å². The van der Waals surface area contributed by atoms with Gasteiger partial charge in [-0.1, -0.05) is 6.92 Å². The molecule has 0 saturated carbocycles. The number of hydrogen-bond acceptors (Lipinski definition) is 3. The summed E-state index contributed by atoms with van der Waals surface area (Å²) in [4.78, 5) is 2.52. The van der Waals surface area contributed by atoms with Crippen LogP contribution < -0.4 is 5.32 Å². The number of hydrogen-bond donors (Lipinski definition) is 1. The molecular formula is C11H20N4. The molecule has 1 N–H and O–H groups in total. The third-order valence-corrected chi connectivity index (χ3v) is 3.10. The average molecular weight is 208 g/mol. The summed E-state index contributed by atoms with van der Waals surface area (Å²) in [7, 11) is 1.97. The first-order chi connectivity index (χ1) is 7.29. The van der Waals surface area contributed by atoms with E-state index >= 15 is 0 Å². The Morgan fingerprint density at radius 3 is 3.07 bits per heavy atom. The predicted octanol–water partition coefficient (Wildman–Crippen LogP) is 0.604. The van der Waals surface area contributed by atoms with E-state index in [0.29, 0.717) is 6.04 Å². The van der Waals surface area contributed by atoms with Gasteiger partial charge >= 0.3 is 0 Å². The molecule has 0 aromatic carbocycles. The molecule has 2 heterocycles. The lowest BCUT2D eigenvalue weighted by Crippen LogP contribution is -2.36. The number of aromatic nitrogens is 2. The van der Waals surface area contributed by atoms with Crippen LogP contribution in [0.15, 0.2) is 12.4 Å². The van der Waals surface area contributed by atoms with Gasteiger partial charge in [0.05, 0.1) is 6.20 Å². The van der Waals surface area contributed by atoms with E-state index < -0.39 is 0 Å². The molecule has 0 radical (unpaired) electrons. The summed E-state index contributed by atoms with van der Waals surface area (Å²) in [5.41, 5.74) is 1.31. The molecule has 84 valence electrons. The molecule has 2 rings (SSSR count). The van der Waals surface area contributed by atoms with E-state index in [1.807, 2.05) is 17.9 Å². The van der Waals surface area contributed by atoms with Crippen molar-refractivity contribution in [3.63, 3.8) is 0 Å². The fraction of sp³-hybridized carbons (Fsp3) is 0.727. The minimum Gasteiger partial charge on any atom is -0.315 e. The van der Waals surface area contributed by atoms with E-state index in [-0.39, 0.29) is 0 Å². The topological polar surface area (TPSA) is 33.1 Å². The molecule has 1 aromatic rings. The van der Waals surface area contributed by atoms with Crippen LogP contribution in [-0.4, -0.2) is 40.4 Å². The normalized spacial score (nSPS) is 21.4. The molecular weight excluding hydrogens is 188 g/mol. The standard InChI is InChI=1S/C11H20N4/c1-3-15(11-4-5-12-7-11)9-10-6-13-14(2)8-10/h6,8,11-12H,3-5,7,9H2,1-2H3. The van der Waals surface area contributed by atoms with E-state index in [9.17, 15) is 0 Å². The maximum Gasteiger partial charge on any atom is 0.0534 e. The lowest BCUT2D eigenvalue weighted by atomic mass is 10.2. The first-order valence-electron chi connectivity index (χ1n) is 5.72. The van der Waals surface area contributed by atoms with Crippen LogP contribution in [0.25, 0.3) is 0 Å². The summed E-state index contributed by atoms with van der Waals surface area (Å²) < 4.78 is 1.87. The van der Waals surface area contributed by atoms with E-state index in [1.165, 1.54) is 12.0 Å². The Bertz CT molecular complexity index is 301. The summed E-state index contributed by atoms with van der Waals surface area (Å²) in [6.45, 7) is 6.66. The largest absolute Gasteiger partial charge is 0.315 e. The van der Waals surface area contributed by atoms with Gasteiger partial charge in [-0.3, -0.25) is 9.58 Å². The van der Waals surface area contributed by atoms with Crippen LogP contribution in [0.1, 0.15) is 18.9 Å². The van der Waals surface area contributed by atoms with Gasteiger partial charge in [-0.25, -0.2) is 0 Å². The van der Waals surface area contributed by atoms with Gasteiger partial charge in [0.15, 0.2) is 0 Å². The van der Waals surface area contributed by atoms with E-state index in [1.54, 1.807) is 0 Å². The first-order valence-corrected chi connectivity index (χ1v) is 5.72. The number of nitrogens with zero attached hydrogens (tertiary/aromatic N) is 3. The van der Waals surface area contributed by atoms with Crippen LogP contribution >= 0.6 is 0 Å². The van der Waals surface area contributed by atoms with Crippen molar-refractivity contribution < 1.29 is 0 Å². The maximum atomic E-state index is 4.20. The van der Waals surface area contributed by atoms with Crippen LogP contribution in [0.2, 0.25) is 0 Å². The molecule has 0 amide bonds. The van der Waals surface area contributed by atoms with E-state index in [0.717, 1.165) is 26.2 Å². The highest BCUT2D eigenvalue weighted by atomic mass is 15.2. The first kappa shape index (κ1) is 10.6. The van der Waals surface area contributed by atoms with Crippen LogP contribution in [0.3, 0.4) is 0 Å². The number of aryl methyl sites for hydroxylation is 1. The van der Waals surface area contributed by atoms with Crippen molar-refractivity contribution in [1.29, 1.82) is 0 Å². The second kappa shape index (κ2) is 4.77. The zero-order valence-corrected chi connectivity index (χ0v) is 9.61. The molecule has 0 bridgehead atoms. The van der Waals surface area contributed by atoms with Crippen molar-refractivity contribution in [2.45, 2.75) is 25.9 Å². The molecule has 1 aliphatic heterocycles. The zero-order valence-electron chi connectivity index (χ0n) is 9.61. The summed E-state index contributed by atoms with van der Waals surface area (Å²) in [5.74, 6) is 0. The van der Waals surface area contributed by atoms with Crippen molar-refractivity contribution in [3.8, 4) is 0 Å². The van der Waals surface area contributed by atoms with Gasteiger partial charge in [0.2, 0.25) is 0 Å². The van der Waals surface area contributed by atoms with Crippen molar-refractivity contribution in [1.82, 2.24) is 20.0 Å². The highest BCUT2D eigenvalue weighted by Crippen LogP contribution is 2.12. The lowest BCUT2D eigenvalue weighted by molar-refractivity contribution is 0.210. The quantitative estimate of drug-likeness (QED) is 0.787. The van der Waals surface area contributed by atoms with Crippen LogP contribution in [-0.2, 0) is 13.6 Å². The molecule has 15 heavy (non-hydrogen) atoms. The summed E-state index contributed by atoms with van der Waals surface area (Å²) in [6, 6.07) is 0.704. The second-order valence-electron chi connectivity index (χ2n) is 4.23. The number of likely N-dealkylation sites (N-methyl/N-ethyl adjacent to an activating group) is 1. The minimum atomic E-state index is 0.704. The van der Waals surface area contributed by atoms with Crippen molar-refractivity contribution in [2.24, 2.45) is 7.05 Å². The highest BCUT2D eigenvalue weighted by molar-refractivity contribution is 5.04. The highest BCUT2D eigenvalue weighted by Gasteiger charge is 2.21. The third kappa shape index (κ3) is 2.58. The lowest BCUT2D eigenvalue weighted by Gasteiger charge is -2.26. The molecule has 4 heteroatoms. The van der Waals surface area contributed by atoms with Gasteiger partial charge in [0.1, 0.15) is 0 Å². The predicted molar refractivity (Wildman–Crippen MR) is 60.6 cm³/mol. The smallest absolute Gasteiger partial charge is 0.0534 e. The molecule has 1 saturated heterocycles. The Kier molecular flexibility index (Phi) is 3.38. The molecule has 1 fully saturated rings.